The van der Waals surface area contributed by atoms with Crippen LogP contribution < -0.4 is 5.32 Å². The fourth-order valence-corrected chi connectivity index (χ4v) is 2.76. The number of nitrogens with one attached hydrogen (secondary N) is 1. The number of likely N-dealkylation sites (tertiary alicyclic amines) is 1. The molecule has 2 N–H and O–H groups in total. The second-order valence-electron chi connectivity index (χ2n) is 4.74. The maximum atomic E-state index is 11.9. The van der Waals surface area contributed by atoms with Gasteiger partial charge in [-0.25, -0.2) is 0 Å². The molecule has 2 amide bonds. The molecule has 1 unspecified atom stereocenters. The van der Waals surface area contributed by atoms with Crippen LogP contribution in [-0.2, 0) is 9.59 Å². The summed E-state index contributed by atoms with van der Waals surface area (Å²) in [7, 11) is 0. The Morgan fingerprint density at radius 1 is 1.62 bits per heavy atom. The number of carbonyl (C=O) groups is 2. The summed E-state index contributed by atoms with van der Waals surface area (Å²) < 4.78 is 0. The van der Waals surface area contributed by atoms with E-state index in [4.69, 9.17) is 0 Å². The minimum absolute atomic E-state index is 0.0241. The van der Waals surface area contributed by atoms with Crippen LogP contribution >= 0.6 is 0 Å². The number of aliphatic hydroxyl groups excluding tert-OH is 1. The van der Waals surface area contributed by atoms with Crippen LogP contribution in [0.5, 0.6) is 0 Å². The van der Waals surface area contributed by atoms with Crippen molar-refractivity contribution in [3.63, 3.8) is 0 Å². The second-order valence-corrected chi connectivity index (χ2v) is 4.74. The first kappa shape index (κ1) is 11.4. The third-order valence-corrected chi connectivity index (χ3v) is 3.51. The third-order valence-electron chi connectivity index (χ3n) is 3.51. The number of amides is 2. The number of aliphatic hydroxyl groups is 1. The Balaban J connectivity index is 2.14. The Hall–Kier alpha value is -1.10. The van der Waals surface area contributed by atoms with Crippen molar-refractivity contribution in [2.24, 2.45) is 0 Å². The van der Waals surface area contributed by atoms with Gasteiger partial charge in [0.1, 0.15) is 5.54 Å². The van der Waals surface area contributed by atoms with E-state index in [-0.39, 0.29) is 18.2 Å². The minimum atomic E-state index is -0.644. The van der Waals surface area contributed by atoms with Crippen molar-refractivity contribution >= 4 is 11.8 Å². The molecule has 2 atom stereocenters. The van der Waals surface area contributed by atoms with Gasteiger partial charge in [-0.05, 0) is 26.2 Å². The van der Waals surface area contributed by atoms with E-state index in [9.17, 15) is 14.7 Å². The van der Waals surface area contributed by atoms with Gasteiger partial charge < -0.3 is 15.3 Å². The molecule has 0 radical (unpaired) electrons. The van der Waals surface area contributed by atoms with E-state index in [2.05, 4.69) is 5.32 Å². The normalized spacial score (nSPS) is 30.9. The van der Waals surface area contributed by atoms with Crippen LogP contribution in [0, 0.1) is 0 Å². The molecule has 90 valence electrons. The Labute approximate surface area is 94.8 Å². The summed E-state index contributed by atoms with van der Waals surface area (Å²) in [5, 5.41) is 12.0. The molecule has 0 aromatic carbocycles. The quantitative estimate of drug-likeness (QED) is 0.675. The molecule has 0 saturated carbocycles. The summed E-state index contributed by atoms with van der Waals surface area (Å²) in [6.45, 7) is 2.88. The second kappa shape index (κ2) is 4.05. The lowest BCUT2D eigenvalue weighted by molar-refractivity contribution is -0.144. The molecule has 0 aromatic rings. The van der Waals surface area contributed by atoms with Crippen molar-refractivity contribution in [2.75, 3.05) is 13.1 Å². The minimum Gasteiger partial charge on any atom is -0.393 e. The van der Waals surface area contributed by atoms with Crippen LogP contribution in [-0.4, -0.2) is 46.6 Å². The molecule has 0 bridgehead atoms. The smallest absolute Gasteiger partial charge is 0.246 e. The predicted molar refractivity (Wildman–Crippen MR) is 57.6 cm³/mol. The Morgan fingerprint density at radius 2 is 2.38 bits per heavy atom. The Kier molecular flexibility index (Phi) is 2.88. The number of carbonyl (C=O) groups excluding carboxylic acids is 2. The first-order valence-electron chi connectivity index (χ1n) is 5.83. The van der Waals surface area contributed by atoms with E-state index >= 15 is 0 Å². The number of hydrogen-bond donors (Lipinski definition) is 2. The molecular weight excluding hydrogens is 208 g/mol. The van der Waals surface area contributed by atoms with E-state index in [1.54, 1.807) is 11.8 Å². The predicted octanol–water partition coefficient (Wildman–Crippen LogP) is -0.362. The number of nitrogens with zero attached hydrogens (tertiary/aromatic N) is 1. The van der Waals surface area contributed by atoms with Crippen LogP contribution in [0.2, 0.25) is 0 Å². The maximum Gasteiger partial charge on any atom is 0.246 e. The average Bonchev–Trinajstić information content (AvgIpc) is 2.75. The highest BCUT2D eigenvalue weighted by atomic mass is 16.3. The molecular formula is C11H18N2O3. The summed E-state index contributed by atoms with van der Waals surface area (Å²) in [5.74, 6) is -0.131. The molecule has 0 aromatic heterocycles. The van der Waals surface area contributed by atoms with Gasteiger partial charge >= 0.3 is 0 Å². The fraction of sp³-hybridized carbons (Fsp3) is 0.818. The molecule has 5 nitrogen and oxygen atoms in total. The van der Waals surface area contributed by atoms with E-state index in [1.807, 2.05) is 0 Å². The standard InChI is InChI=1S/C11H18N2O3/c1-8(14)7-9(15)13-6-2-3-11(13)4-5-12-10(11)16/h8,14H,2-7H2,1H3,(H,12,16)/t8-,11?/m1/s1. The molecule has 2 aliphatic heterocycles. The van der Waals surface area contributed by atoms with Crippen molar-refractivity contribution in [3.05, 3.63) is 0 Å². The first-order chi connectivity index (χ1) is 7.56. The third kappa shape index (κ3) is 1.69. The van der Waals surface area contributed by atoms with Crippen molar-refractivity contribution in [2.45, 2.75) is 44.2 Å². The van der Waals surface area contributed by atoms with E-state index in [0.717, 1.165) is 12.8 Å². The molecule has 2 fully saturated rings. The highest BCUT2D eigenvalue weighted by Crippen LogP contribution is 2.35. The summed E-state index contributed by atoms with van der Waals surface area (Å²) in [6.07, 6.45) is 1.80. The van der Waals surface area contributed by atoms with Crippen LogP contribution in [0.4, 0.5) is 0 Å². The molecule has 0 aliphatic carbocycles. The van der Waals surface area contributed by atoms with Crippen molar-refractivity contribution < 1.29 is 14.7 Å². The van der Waals surface area contributed by atoms with Crippen LogP contribution in [0.3, 0.4) is 0 Å². The highest BCUT2D eigenvalue weighted by molar-refractivity contribution is 5.93. The van der Waals surface area contributed by atoms with Crippen LogP contribution in [0.1, 0.15) is 32.6 Å². The van der Waals surface area contributed by atoms with Crippen LogP contribution in [0.25, 0.3) is 0 Å². The van der Waals surface area contributed by atoms with Gasteiger partial charge in [-0.3, -0.25) is 9.59 Å². The lowest BCUT2D eigenvalue weighted by atomic mass is 9.94. The lowest BCUT2D eigenvalue weighted by Crippen LogP contribution is -2.52. The molecule has 2 saturated heterocycles. The van der Waals surface area contributed by atoms with Gasteiger partial charge in [-0.15, -0.1) is 0 Å². The average molecular weight is 226 g/mol. The maximum absolute atomic E-state index is 11.9. The SMILES string of the molecule is C[C@@H](O)CC(=O)N1CCCC12CCNC2=O. The van der Waals surface area contributed by atoms with E-state index in [0.29, 0.717) is 19.5 Å². The van der Waals surface area contributed by atoms with Gasteiger partial charge in [0.25, 0.3) is 0 Å². The summed E-state index contributed by atoms with van der Waals surface area (Å²) in [6, 6.07) is 0. The summed E-state index contributed by atoms with van der Waals surface area (Å²) in [5.41, 5.74) is -0.605. The molecule has 1 spiro atoms. The number of hydrogen-bond acceptors (Lipinski definition) is 3. The lowest BCUT2D eigenvalue weighted by Gasteiger charge is -2.32. The zero-order chi connectivity index (χ0) is 11.8. The molecule has 2 rings (SSSR count). The van der Waals surface area contributed by atoms with Gasteiger partial charge in [0, 0.05) is 13.1 Å². The van der Waals surface area contributed by atoms with Gasteiger partial charge in [-0.2, -0.15) is 0 Å². The monoisotopic (exact) mass is 226 g/mol. The van der Waals surface area contributed by atoms with Crippen LogP contribution in [0.15, 0.2) is 0 Å². The largest absolute Gasteiger partial charge is 0.393 e. The van der Waals surface area contributed by atoms with Gasteiger partial charge in [-0.1, -0.05) is 0 Å². The van der Waals surface area contributed by atoms with Crippen molar-refractivity contribution in [1.82, 2.24) is 10.2 Å². The Morgan fingerprint density at radius 3 is 2.94 bits per heavy atom. The van der Waals surface area contributed by atoms with E-state index in [1.165, 1.54) is 0 Å². The Bertz CT molecular complexity index is 312. The zero-order valence-electron chi connectivity index (χ0n) is 9.53. The van der Waals surface area contributed by atoms with Crippen molar-refractivity contribution in [3.8, 4) is 0 Å². The molecule has 2 heterocycles. The molecule has 16 heavy (non-hydrogen) atoms. The van der Waals surface area contributed by atoms with E-state index < -0.39 is 11.6 Å². The fourth-order valence-electron chi connectivity index (χ4n) is 2.76. The highest BCUT2D eigenvalue weighted by Gasteiger charge is 2.51. The van der Waals surface area contributed by atoms with Gasteiger partial charge in [0.2, 0.25) is 11.8 Å². The topological polar surface area (TPSA) is 69.6 Å². The van der Waals surface area contributed by atoms with Gasteiger partial charge in [0.05, 0.1) is 12.5 Å². The summed E-state index contributed by atoms with van der Waals surface area (Å²) in [4.78, 5) is 25.4. The van der Waals surface area contributed by atoms with Gasteiger partial charge in [0.15, 0.2) is 0 Å². The first-order valence-corrected chi connectivity index (χ1v) is 5.83. The number of rotatable bonds is 2. The molecule has 5 heteroatoms. The van der Waals surface area contributed by atoms with Crippen molar-refractivity contribution in [1.29, 1.82) is 0 Å². The molecule has 2 aliphatic rings. The zero-order valence-corrected chi connectivity index (χ0v) is 9.53. The summed E-state index contributed by atoms with van der Waals surface area (Å²) >= 11 is 0.